The Balaban J connectivity index is 1.43. The number of fused-ring (bicyclic) bond motifs is 1. The second-order valence-corrected chi connectivity index (χ2v) is 10.9. The van der Waals surface area contributed by atoms with E-state index in [4.69, 9.17) is 4.74 Å². The van der Waals surface area contributed by atoms with Crippen LogP contribution in [0.25, 0.3) is 15.9 Å². The first-order chi connectivity index (χ1) is 14.7. The van der Waals surface area contributed by atoms with Crippen LogP contribution in [0.3, 0.4) is 0 Å². The molecule has 0 spiro atoms. The second kappa shape index (κ2) is 8.70. The van der Waals surface area contributed by atoms with E-state index in [1.807, 2.05) is 61.9 Å². The van der Waals surface area contributed by atoms with Gasteiger partial charge < -0.3 is 10.1 Å². The molecule has 1 N–H and O–H groups in total. The summed E-state index contributed by atoms with van der Waals surface area (Å²) in [7, 11) is -3.46. The van der Waals surface area contributed by atoms with E-state index in [-0.39, 0.29) is 30.4 Å². The van der Waals surface area contributed by atoms with Gasteiger partial charge in [-0.2, -0.15) is 9.40 Å². The molecule has 2 unspecified atom stereocenters. The van der Waals surface area contributed by atoms with Gasteiger partial charge in [0.25, 0.3) is 5.91 Å². The van der Waals surface area contributed by atoms with Gasteiger partial charge in [0.1, 0.15) is 4.83 Å². The summed E-state index contributed by atoms with van der Waals surface area (Å²) in [5.41, 5.74) is 1.77. The smallest absolute Gasteiger partial charge is 0.261 e. The first-order valence-electron chi connectivity index (χ1n) is 10.2. The van der Waals surface area contributed by atoms with E-state index < -0.39 is 10.0 Å². The number of thiophene rings is 1. The lowest BCUT2D eigenvalue weighted by Crippen LogP contribution is -2.49. The van der Waals surface area contributed by atoms with Gasteiger partial charge in [-0.3, -0.25) is 4.79 Å². The van der Waals surface area contributed by atoms with Gasteiger partial charge in [0.05, 0.1) is 34.2 Å². The lowest BCUT2D eigenvalue weighted by atomic mass is 10.3. The fourth-order valence-corrected chi connectivity index (χ4v) is 6.36. The molecule has 1 aliphatic rings. The summed E-state index contributed by atoms with van der Waals surface area (Å²) < 4.78 is 34.2. The van der Waals surface area contributed by atoms with Crippen LogP contribution in [0.2, 0.25) is 0 Å². The molecular weight excluding hydrogens is 436 g/mol. The number of carbonyl (C=O) groups is 1. The summed E-state index contributed by atoms with van der Waals surface area (Å²) in [6.07, 6.45) is -0.279. The lowest BCUT2D eigenvalue weighted by molar-refractivity contribution is -0.0440. The molecule has 1 saturated heterocycles. The van der Waals surface area contributed by atoms with Gasteiger partial charge >= 0.3 is 0 Å². The number of benzene rings is 1. The number of carbonyl (C=O) groups excluding carboxylic acids is 1. The number of rotatable bonds is 6. The summed E-state index contributed by atoms with van der Waals surface area (Å²) in [5, 5.41) is 8.25. The maximum absolute atomic E-state index is 12.7. The van der Waals surface area contributed by atoms with Crippen LogP contribution < -0.4 is 5.32 Å². The van der Waals surface area contributed by atoms with Gasteiger partial charge in [0, 0.05) is 25.0 Å². The zero-order valence-corrected chi connectivity index (χ0v) is 19.4. The highest BCUT2D eigenvalue weighted by molar-refractivity contribution is 7.89. The number of morpholine rings is 1. The number of nitrogens with zero attached hydrogens (tertiary/aromatic N) is 3. The Morgan fingerprint density at radius 2 is 1.90 bits per heavy atom. The molecule has 166 valence electrons. The van der Waals surface area contributed by atoms with Crippen molar-refractivity contribution in [1.82, 2.24) is 19.4 Å². The Labute approximate surface area is 185 Å². The van der Waals surface area contributed by atoms with Gasteiger partial charge in [0.2, 0.25) is 10.0 Å². The van der Waals surface area contributed by atoms with Crippen molar-refractivity contribution in [2.75, 3.05) is 25.4 Å². The van der Waals surface area contributed by atoms with Crippen LogP contribution in [0.1, 0.15) is 29.2 Å². The van der Waals surface area contributed by atoms with Crippen molar-refractivity contribution in [3.05, 3.63) is 47.0 Å². The number of aromatic nitrogens is 2. The lowest BCUT2D eigenvalue weighted by Gasteiger charge is -2.34. The molecule has 1 amide bonds. The average molecular weight is 463 g/mol. The third kappa shape index (κ3) is 4.67. The Hall–Kier alpha value is -2.27. The van der Waals surface area contributed by atoms with Crippen LogP contribution in [-0.2, 0) is 14.8 Å². The predicted molar refractivity (Wildman–Crippen MR) is 121 cm³/mol. The maximum Gasteiger partial charge on any atom is 0.261 e. The number of nitrogens with one attached hydrogen (secondary N) is 1. The molecule has 10 heteroatoms. The Morgan fingerprint density at radius 3 is 2.58 bits per heavy atom. The van der Waals surface area contributed by atoms with Gasteiger partial charge in [-0.05, 0) is 39.0 Å². The van der Waals surface area contributed by atoms with Crippen molar-refractivity contribution in [2.24, 2.45) is 0 Å². The number of para-hydroxylation sites is 1. The van der Waals surface area contributed by atoms with E-state index in [2.05, 4.69) is 10.4 Å². The van der Waals surface area contributed by atoms with Crippen LogP contribution >= 0.6 is 11.3 Å². The second-order valence-electron chi connectivity index (χ2n) is 7.81. The first-order valence-corrected chi connectivity index (χ1v) is 12.6. The number of aryl methyl sites for hydroxylation is 1. The summed E-state index contributed by atoms with van der Waals surface area (Å²) in [4.78, 5) is 14.1. The SMILES string of the molecule is Cc1nn(-c2ccccc2)c2sc(C(=O)NCCS(=O)(=O)N3CC(C)OC(C)C3)cc12. The molecule has 3 heterocycles. The number of hydrogen-bond acceptors (Lipinski definition) is 6. The van der Waals surface area contributed by atoms with E-state index in [0.717, 1.165) is 21.6 Å². The maximum atomic E-state index is 12.7. The van der Waals surface area contributed by atoms with Crippen LogP contribution in [0.4, 0.5) is 0 Å². The zero-order valence-electron chi connectivity index (χ0n) is 17.7. The van der Waals surface area contributed by atoms with Crippen molar-refractivity contribution in [2.45, 2.75) is 33.0 Å². The number of ether oxygens (including phenoxy) is 1. The highest BCUT2D eigenvalue weighted by Gasteiger charge is 2.30. The molecule has 3 aromatic rings. The molecule has 8 nitrogen and oxygen atoms in total. The number of amides is 1. The van der Waals surface area contributed by atoms with Crippen molar-refractivity contribution >= 4 is 37.5 Å². The van der Waals surface area contributed by atoms with Gasteiger partial charge in [-0.15, -0.1) is 11.3 Å². The third-order valence-electron chi connectivity index (χ3n) is 5.19. The molecule has 0 radical (unpaired) electrons. The molecule has 0 saturated carbocycles. The average Bonchev–Trinajstić information content (AvgIpc) is 3.28. The quantitative estimate of drug-likeness (QED) is 0.608. The summed E-state index contributed by atoms with van der Waals surface area (Å²) in [5.74, 6) is -0.418. The Morgan fingerprint density at radius 1 is 1.23 bits per heavy atom. The normalized spacial score (nSPS) is 20.2. The first kappa shape index (κ1) is 21.9. The topological polar surface area (TPSA) is 93.5 Å². The number of hydrogen-bond donors (Lipinski definition) is 1. The minimum Gasteiger partial charge on any atom is -0.373 e. The van der Waals surface area contributed by atoms with E-state index in [1.54, 1.807) is 0 Å². The van der Waals surface area contributed by atoms with Crippen molar-refractivity contribution in [3.8, 4) is 5.69 Å². The van der Waals surface area contributed by atoms with Crippen LogP contribution in [0, 0.1) is 6.92 Å². The Kier molecular flexibility index (Phi) is 6.16. The summed E-state index contributed by atoms with van der Waals surface area (Å²) in [6, 6.07) is 11.6. The van der Waals surface area contributed by atoms with E-state index in [9.17, 15) is 13.2 Å². The summed E-state index contributed by atoms with van der Waals surface area (Å²) >= 11 is 1.35. The third-order valence-corrected chi connectivity index (χ3v) is 8.11. The van der Waals surface area contributed by atoms with Crippen molar-refractivity contribution in [1.29, 1.82) is 0 Å². The molecule has 2 atom stereocenters. The highest BCUT2D eigenvalue weighted by Crippen LogP contribution is 2.30. The molecule has 31 heavy (non-hydrogen) atoms. The fraction of sp³-hybridized carbons (Fsp3) is 0.429. The molecule has 0 bridgehead atoms. The predicted octanol–water partition coefficient (Wildman–Crippen LogP) is 2.56. The molecule has 1 fully saturated rings. The highest BCUT2D eigenvalue weighted by atomic mass is 32.2. The Bertz CT molecular complexity index is 1180. The van der Waals surface area contributed by atoms with E-state index in [1.165, 1.54) is 15.6 Å². The standard InChI is InChI=1S/C21H26N4O4S2/c1-14-12-24(13-15(2)29-14)31(27,28)10-9-22-20(26)19-11-18-16(3)23-25(21(18)30-19)17-7-5-4-6-8-17/h4-8,11,14-15H,9-10,12-13H2,1-3H3,(H,22,26). The van der Waals surface area contributed by atoms with Gasteiger partial charge in [0.15, 0.2) is 0 Å². The minimum absolute atomic E-state index is 0.0549. The van der Waals surface area contributed by atoms with Crippen LogP contribution in [0.5, 0.6) is 0 Å². The van der Waals surface area contributed by atoms with Gasteiger partial charge in [-0.25, -0.2) is 13.1 Å². The molecule has 0 aliphatic carbocycles. The molecular formula is C21H26N4O4S2. The van der Waals surface area contributed by atoms with E-state index >= 15 is 0 Å². The largest absolute Gasteiger partial charge is 0.373 e. The molecule has 4 rings (SSSR count). The van der Waals surface area contributed by atoms with E-state index in [0.29, 0.717) is 18.0 Å². The molecule has 1 aliphatic heterocycles. The van der Waals surface area contributed by atoms with Gasteiger partial charge in [-0.1, -0.05) is 18.2 Å². The molecule has 1 aromatic carbocycles. The van der Waals surface area contributed by atoms with Crippen LogP contribution in [0.15, 0.2) is 36.4 Å². The fourth-order valence-electron chi connectivity index (χ4n) is 3.77. The van der Waals surface area contributed by atoms with Crippen LogP contribution in [-0.4, -0.2) is 66.0 Å². The molecule has 2 aromatic heterocycles. The van der Waals surface area contributed by atoms with Crippen molar-refractivity contribution < 1.29 is 17.9 Å². The van der Waals surface area contributed by atoms with Crippen molar-refractivity contribution in [3.63, 3.8) is 0 Å². The monoisotopic (exact) mass is 462 g/mol. The zero-order chi connectivity index (χ0) is 22.2. The minimum atomic E-state index is -3.46. The number of sulfonamides is 1. The summed E-state index contributed by atoms with van der Waals surface area (Å²) in [6.45, 7) is 6.37.